The molecule has 0 fully saturated rings. The number of aryl methyl sites for hydroxylation is 2. The molecular weight excluding hydrogens is 336 g/mol. The summed E-state index contributed by atoms with van der Waals surface area (Å²) < 4.78 is 2.99. The maximum absolute atomic E-state index is 12.7. The van der Waals surface area contributed by atoms with E-state index in [1.54, 1.807) is 17.9 Å². The van der Waals surface area contributed by atoms with Crippen LogP contribution in [0.15, 0.2) is 42.7 Å². The highest BCUT2D eigenvalue weighted by atomic mass is 16.6. The second-order valence-corrected chi connectivity index (χ2v) is 5.94. The third-order valence-electron chi connectivity index (χ3n) is 4.05. The van der Waals surface area contributed by atoms with Gasteiger partial charge < -0.3 is 4.90 Å². The van der Waals surface area contributed by atoms with Gasteiger partial charge in [-0.05, 0) is 30.7 Å². The predicted octanol–water partition coefficient (Wildman–Crippen LogP) is 2.09. The highest BCUT2D eigenvalue weighted by Gasteiger charge is 2.31. The second kappa shape index (κ2) is 6.79. The standard InChI is InChI=1S/C17H18N6O3/c1-12-15(23(25)26)16(21(3)19-12)17(24)20(2)11-13-5-7-14(8-6-13)22-10-4-9-18-22/h4-10H,11H2,1-3H3. The molecule has 0 bridgehead atoms. The van der Waals surface area contributed by atoms with Crippen molar-refractivity contribution in [1.29, 1.82) is 0 Å². The highest BCUT2D eigenvalue weighted by Crippen LogP contribution is 2.24. The summed E-state index contributed by atoms with van der Waals surface area (Å²) in [5, 5.41) is 19.4. The molecule has 2 aromatic heterocycles. The molecule has 2 heterocycles. The van der Waals surface area contributed by atoms with E-state index in [1.165, 1.54) is 23.6 Å². The average Bonchev–Trinajstić information content (AvgIpc) is 3.22. The van der Waals surface area contributed by atoms with Crippen LogP contribution in [0.1, 0.15) is 21.7 Å². The van der Waals surface area contributed by atoms with Crippen LogP contribution < -0.4 is 0 Å². The molecule has 0 saturated heterocycles. The number of hydrogen-bond acceptors (Lipinski definition) is 5. The van der Waals surface area contributed by atoms with Crippen LogP contribution in [0.3, 0.4) is 0 Å². The van der Waals surface area contributed by atoms with Crippen molar-refractivity contribution in [1.82, 2.24) is 24.5 Å². The zero-order valence-electron chi connectivity index (χ0n) is 14.7. The molecule has 0 N–H and O–H groups in total. The van der Waals surface area contributed by atoms with Gasteiger partial charge in [-0.15, -0.1) is 0 Å². The fourth-order valence-corrected chi connectivity index (χ4v) is 2.81. The molecule has 1 aromatic carbocycles. The number of nitro groups is 1. The Kier molecular flexibility index (Phi) is 4.53. The molecule has 0 spiro atoms. The Balaban J connectivity index is 1.79. The van der Waals surface area contributed by atoms with E-state index in [-0.39, 0.29) is 17.1 Å². The van der Waals surface area contributed by atoms with Crippen LogP contribution in [0.4, 0.5) is 5.69 Å². The summed E-state index contributed by atoms with van der Waals surface area (Å²) in [6, 6.07) is 9.42. The first-order chi connectivity index (χ1) is 12.4. The van der Waals surface area contributed by atoms with E-state index >= 15 is 0 Å². The van der Waals surface area contributed by atoms with Gasteiger partial charge in [0.1, 0.15) is 5.69 Å². The number of benzene rings is 1. The normalized spacial score (nSPS) is 10.7. The van der Waals surface area contributed by atoms with Crippen LogP contribution in [0.5, 0.6) is 0 Å². The Morgan fingerprint density at radius 2 is 2.00 bits per heavy atom. The van der Waals surface area contributed by atoms with Crippen molar-refractivity contribution >= 4 is 11.6 Å². The van der Waals surface area contributed by atoms with Crippen molar-refractivity contribution in [3.05, 3.63) is 69.8 Å². The molecule has 0 unspecified atom stereocenters. The van der Waals surface area contributed by atoms with E-state index in [0.29, 0.717) is 6.54 Å². The van der Waals surface area contributed by atoms with Gasteiger partial charge in [0, 0.05) is 33.0 Å². The molecule has 3 aromatic rings. The number of nitrogens with zero attached hydrogens (tertiary/aromatic N) is 6. The molecule has 134 valence electrons. The third kappa shape index (κ3) is 3.18. The van der Waals surface area contributed by atoms with E-state index in [4.69, 9.17) is 0 Å². The van der Waals surface area contributed by atoms with E-state index in [0.717, 1.165) is 11.3 Å². The summed E-state index contributed by atoms with van der Waals surface area (Å²) in [6.45, 7) is 1.84. The van der Waals surface area contributed by atoms with Crippen LogP contribution in [0.2, 0.25) is 0 Å². The molecular formula is C17H18N6O3. The van der Waals surface area contributed by atoms with E-state index in [1.807, 2.05) is 36.5 Å². The molecule has 26 heavy (non-hydrogen) atoms. The lowest BCUT2D eigenvalue weighted by molar-refractivity contribution is -0.385. The van der Waals surface area contributed by atoms with Gasteiger partial charge >= 0.3 is 5.69 Å². The van der Waals surface area contributed by atoms with E-state index < -0.39 is 10.8 Å². The minimum atomic E-state index is -0.567. The van der Waals surface area contributed by atoms with Gasteiger partial charge in [-0.3, -0.25) is 19.6 Å². The lowest BCUT2D eigenvalue weighted by Crippen LogP contribution is -2.28. The summed E-state index contributed by atoms with van der Waals surface area (Å²) in [5.41, 5.74) is 1.75. The molecule has 0 aliphatic rings. The summed E-state index contributed by atoms with van der Waals surface area (Å²) in [5.74, 6) is -0.448. The molecule has 0 saturated carbocycles. The first kappa shape index (κ1) is 17.3. The summed E-state index contributed by atoms with van der Waals surface area (Å²) in [4.78, 5) is 24.8. The Morgan fingerprint density at radius 1 is 1.31 bits per heavy atom. The molecule has 9 nitrogen and oxygen atoms in total. The van der Waals surface area contributed by atoms with Crippen LogP contribution >= 0.6 is 0 Å². The number of aromatic nitrogens is 4. The van der Waals surface area contributed by atoms with Gasteiger partial charge in [-0.25, -0.2) is 4.68 Å². The smallest absolute Gasteiger partial charge is 0.322 e. The Labute approximate surface area is 149 Å². The van der Waals surface area contributed by atoms with Gasteiger partial charge in [0.05, 0.1) is 10.6 Å². The van der Waals surface area contributed by atoms with Crippen molar-refractivity contribution in [2.75, 3.05) is 7.05 Å². The number of hydrogen-bond donors (Lipinski definition) is 0. The number of rotatable bonds is 5. The summed E-state index contributed by atoms with van der Waals surface area (Å²) in [6.07, 6.45) is 3.54. The van der Waals surface area contributed by atoms with Crippen molar-refractivity contribution in [3.8, 4) is 5.69 Å². The number of carbonyl (C=O) groups excluding carboxylic acids is 1. The first-order valence-electron chi connectivity index (χ1n) is 7.91. The quantitative estimate of drug-likeness (QED) is 0.516. The largest absolute Gasteiger partial charge is 0.336 e. The van der Waals surface area contributed by atoms with Crippen LogP contribution in [-0.4, -0.2) is 42.3 Å². The summed E-state index contributed by atoms with van der Waals surface area (Å²) in [7, 11) is 3.13. The third-order valence-corrected chi connectivity index (χ3v) is 4.05. The average molecular weight is 354 g/mol. The van der Waals surface area contributed by atoms with Crippen molar-refractivity contribution in [2.45, 2.75) is 13.5 Å². The van der Waals surface area contributed by atoms with Gasteiger partial charge in [-0.1, -0.05) is 12.1 Å². The van der Waals surface area contributed by atoms with Gasteiger partial charge in [0.2, 0.25) is 5.69 Å². The fraction of sp³-hybridized carbons (Fsp3) is 0.235. The Bertz CT molecular complexity index is 944. The second-order valence-electron chi connectivity index (χ2n) is 5.94. The number of carbonyl (C=O) groups is 1. The highest BCUT2D eigenvalue weighted by molar-refractivity contribution is 5.96. The monoisotopic (exact) mass is 354 g/mol. The minimum Gasteiger partial charge on any atom is -0.336 e. The molecule has 0 aliphatic heterocycles. The first-order valence-corrected chi connectivity index (χ1v) is 7.91. The van der Waals surface area contributed by atoms with Gasteiger partial charge in [0.25, 0.3) is 5.91 Å². The van der Waals surface area contributed by atoms with Crippen LogP contribution in [0.25, 0.3) is 5.69 Å². The van der Waals surface area contributed by atoms with Crippen LogP contribution in [0, 0.1) is 17.0 Å². The zero-order chi connectivity index (χ0) is 18.8. The maximum Gasteiger partial charge on any atom is 0.322 e. The minimum absolute atomic E-state index is 0.0249. The van der Waals surface area contributed by atoms with E-state index in [9.17, 15) is 14.9 Å². The molecule has 1 amide bonds. The molecule has 9 heteroatoms. The fourth-order valence-electron chi connectivity index (χ4n) is 2.81. The molecule has 0 atom stereocenters. The topological polar surface area (TPSA) is 99.1 Å². The van der Waals surface area contributed by atoms with Gasteiger partial charge in [-0.2, -0.15) is 10.2 Å². The molecule has 3 rings (SSSR count). The lowest BCUT2D eigenvalue weighted by atomic mass is 10.2. The van der Waals surface area contributed by atoms with Gasteiger partial charge in [0.15, 0.2) is 0 Å². The number of amides is 1. The van der Waals surface area contributed by atoms with E-state index in [2.05, 4.69) is 10.2 Å². The van der Waals surface area contributed by atoms with Crippen molar-refractivity contribution in [3.63, 3.8) is 0 Å². The van der Waals surface area contributed by atoms with Crippen LogP contribution in [-0.2, 0) is 13.6 Å². The molecule has 0 aliphatic carbocycles. The van der Waals surface area contributed by atoms with Crippen molar-refractivity contribution < 1.29 is 9.72 Å². The Morgan fingerprint density at radius 3 is 2.58 bits per heavy atom. The van der Waals surface area contributed by atoms with Crippen molar-refractivity contribution in [2.24, 2.45) is 7.05 Å². The zero-order valence-corrected chi connectivity index (χ0v) is 14.7. The summed E-state index contributed by atoms with van der Waals surface area (Å²) >= 11 is 0. The SMILES string of the molecule is Cc1nn(C)c(C(=O)N(C)Cc2ccc(-n3cccn3)cc2)c1[N+](=O)[O-]. The molecule has 0 radical (unpaired) electrons. The lowest BCUT2D eigenvalue weighted by Gasteiger charge is -2.17. The Hall–Kier alpha value is -3.49. The predicted molar refractivity (Wildman–Crippen MR) is 94.0 cm³/mol. The maximum atomic E-state index is 12.7.